The summed E-state index contributed by atoms with van der Waals surface area (Å²) in [5.41, 5.74) is 7.22. The van der Waals surface area contributed by atoms with Crippen LogP contribution in [0.15, 0.2) is 0 Å². The number of ether oxygens (including phenoxy) is 1. The maximum atomic E-state index is 6.02. The summed E-state index contributed by atoms with van der Waals surface area (Å²) < 4.78 is 5.73. The van der Waals surface area contributed by atoms with Crippen LogP contribution in [-0.2, 0) is 11.3 Å². The van der Waals surface area contributed by atoms with Gasteiger partial charge in [-0.25, -0.2) is 9.97 Å². The quantitative estimate of drug-likeness (QED) is 0.924. The van der Waals surface area contributed by atoms with Crippen molar-refractivity contribution in [2.24, 2.45) is 0 Å². The second kappa shape index (κ2) is 4.48. The van der Waals surface area contributed by atoms with Gasteiger partial charge in [-0.15, -0.1) is 11.3 Å². The van der Waals surface area contributed by atoms with Crippen LogP contribution < -0.4 is 5.73 Å². The molecule has 0 amide bonds. The minimum absolute atomic E-state index is 0.400. The van der Waals surface area contributed by atoms with E-state index in [2.05, 4.69) is 23.8 Å². The molecule has 18 heavy (non-hydrogen) atoms. The SMILES string of the molecule is Cc1sc2nc(COC3CCC3)nc(N)c2c1C. The number of anilines is 1. The van der Waals surface area contributed by atoms with Gasteiger partial charge in [-0.2, -0.15) is 0 Å². The smallest absolute Gasteiger partial charge is 0.158 e. The lowest BCUT2D eigenvalue weighted by Crippen LogP contribution is -2.21. The highest BCUT2D eigenvalue weighted by molar-refractivity contribution is 7.18. The fourth-order valence-corrected chi connectivity index (χ4v) is 3.18. The van der Waals surface area contributed by atoms with E-state index in [1.165, 1.54) is 16.9 Å². The molecule has 5 heteroatoms. The van der Waals surface area contributed by atoms with Crippen LogP contribution in [0.3, 0.4) is 0 Å². The van der Waals surface area contributed by atoms with Crippen molar-refractivity contribution >= 4 is 27.4 Å². The fraction of sp³-hybridized carbons (Fsp3) is 0.538. The summed E-state index contributed by atoms with van der Waals surface area (Å²) >= 11 is 1.67. The van der Waals surface area contributed by atoms with Crippen molar-refractivity contribution in [2.45, 2.75) is 45.8 Å². The number of hydrogen-bond acceptors (Lipinski definition) is 5. The second-order valence-corrected chi connectivity index (χ2v) is 6.06. The van der Waals surface area contributed by atoms with Crippen molar-refractivity contribution in [1.29, 1.82) is 0 Å². The molecule has 2 aromatic rings. The molecule has 0 aliphatic heterocycles. The molecule has 4 nitrogen and oxygen atoms in total. The summed E-state index contributed by atoms with van der Waals surface area (Å²) in [5.74, 6) is 1.28. The fourth-order valence-electron chi connectivity index (χ4n) is 2.12. The Labute approximate surface area is 110 Å². The van der Waals surface area contributed by atoms with Gasteiger partial charge in [0.15, 0.2) is 5.82 Å². The maximum Gasteiger partial charge on any atom is 0.158 e. The normalized spacial score (nSPS) is 16.1. The predicted molar refractivity (Wildman–Crippen MR) is 73.7 cm³/mol. The Morgan fingerprint density at radius 1 is 1.33 bits per heavy atom. The molecule has 0 radical (unpaired) electrons. The molecule has 0 spiro atoms. The summed E-state index contributed by atoms with van der Waals surface area (Å²) in [4.78, 5) is 11.1. The number of aryl methyl sites for hydroxylation is 2. The standard InChI is InChI=1S/C13H17N3OS/c1-7-8(2)18-13-11(7)12(14)15-10(16-13)6-17-9-4-3-5-9/h9H,3-6H2,1-2H3,(H2,14,15,16). The van der Waals surface area contributed by atoms with E-state index in [-0.39, 0.29) is 0 Å². The van der Waals surface area contributed by atoms with Gasteiger partial charge in [0, 0.05) is 4.88 Å². The van der Waals surface area contributed by atoms with Crippen molar-refractivity contribution in [3.63, 3.8) is 0 Å². The van der Waals surface area contributed by atoms with Gasteiger partial charge in [-0.3, -0.25) is 0 Å². The molecule has 1 aliphatic rings. The lowest BCUT2D eigenvalue weighted by Gasteiger charge is -2.25. The van der Waals surface area contributed by atoms with Crippen molar-refractivity contribution in [3.05, 3.63) is 16.3 Å². The molecule has 2 heterocycles. The average Bonchev–Trinajstić information content (AvgIpc) is 2.53. The number of thiophene rings is 1. The third-order valence-electron chi connectivity index (χ3n) is 3.60. The number of nitrogens with zero attached hydrogens (tertiary/aromatic N) is 2. The van der Waals surface area contributed by atoms with Crippen molar-refractivity contribution < 1.29 is 4.74 Å². The molecule has 1 saturated carbocycles. The minimum atomic E-state index is 0.400. The highest BCUT2D eigenvalue weighted by Crippen LogP contribution is 2.32. The highest BCUT2D eigenvalue weighted by Gasteiger charge is 2.19. The van der Waals surface area contributed by atoms with E-state index in [9.17, 15) is 0 Å². The molecule has 0 bridgehead atoms. The zero-order valence-electron chi connectivity index (χ0n) is 10.7. The summed E-state index contributed by atoms with van der Waals surface area (Å²) in [5, 5.41) is 1.00. The van der Waals surface area contributed by atoms with E-state index in [4.69, 9.17) is 10.5 Å². The molecule has 0 unspecified atom stereocenters. The van der Waals surface area contributed by atoms with E-state index in [0.29, 0.717) is 24.4 Å². The first-order valence-corrected chi connectivity index (χ1v) is 7.10. The van der Waals surface area contributed by atoms with Gasteiger partial charge in [0.2, 0.25) is 0 Å². The van der Waals surface area contributed by atoms with Gasteiger partial charge in [-0.05, 0) is 38.7 Å². The molecule has 1 fully saturated rings. The molecule has 0 saturated heterocycles. The van der Waals surface area contributed by atoms with E-state index in [1.54, 1.807) is 11.3 Å². The molecule has 1 aliphatic carbocycles. The summed E-state index contributed by atoms with van der Waals surface area (Å²) in [6.07, 6.45) is 4.00. The van der Waals surface area contributed by atoms with E-state index in [1.807, 2.05) is 0 Å². The third kappa shape index (κ3) is 1.97. The van der Waals surface area contributed by atoms with Crippen LogP contribution in [0, 0.1) is 13.8 Å². The summed E-state index contributed by atoms with van der Waals surface area (Å²) in [6, 6.07) is 0. The van der Waals surface area contributed by atoms with Crippen LogP contribution in [0.5, 0.6) is 0 Å². The molecule has 3 rings (SSSR count). The van der Waals surface area contributed by atoms with Crippen molar-refractivity contribution in [1.82, 2.24) is 9.97 Å². The van der Waals surface area contributed by atoms with Gasteiger partial charge in [-0.1, -0.05) is 0 Å². The first kappa shape index (κ1) is 11.9. The van der Waals surface area contributed by atoms with Crippen LogP contribution in [0.2, 0.25) is 0 Å². The Hall–Kier alpha value is -1.20. The van der Waals surface area contributed by atoms with Crippen molar-refractivity contribution in [3.8, 4) is 0 Å². The second-order valence-electron chi connectivity index (χ2n) is 4.85. The summed E-state index contributed by atoms with van der Waals surface area (Å²) in [7, 11) is 0. The lowest BCUT2D eigenvalue weighted by atomic mass is 9.96. The molecule has 96 valence electrons. The molecule has 2 aromatic heterocycles. The Morgan fingerprint density at radius 3 is 2.78 bits per heavy atom. The van der Waals surface area contributed by atoms with Crippen LogP contribution in [-0.4, -0.2) is 16.1 Å². The average molecular weight is 263 g/mol. The Morgan fingerprint density at radius 2 is 2.11 bits per heavy atom. The molecule has 0 atom stereocenters. The van der Waals surface area contributed by atoms with Crippen molar-refractivity contribution in [2.75, 3.05) is 5.73 Å². The molecular formula is C13H17N3OS. The third-order valence-corrected chi connectivity index (χ3v) is 4.70. The van der Waals surface area contributed by atoms with Gasteiger partial charge in [0.1, 0.15) is 17.3 Å². The van der Waals surface area contributed by atoms with Gasteiger partial charge in [0.25, 0.3) is 0 Å². The zero-order chi connectivity index (χ0) is 12.7. The van der Waals surface area contributed by atoms with Crippen LogP contribution in [0.1, 0.15) is 35.5 Å². The monoisotopic (exact) mass is 263 g/mol. The van der Waals surface area contributed by atoms with E-state index < -0.39 is 0 Å². The molecular weight excluding hydrogens is 246 g/mol. The Balaban J connectivity index is 1.89. The topological polar surface area (TPSA) is 61.0 Å². The van der Waals surface area contributed by atoms with Gasteiger partial charge < -0.3 is 10.5 Å². The number of fused-ring (bicyclic) bond motifs is 1. The zero-order valence-corrected chi connectivity index (χ0v) is 11.5. The van der Waals surface area contributed by atoms with Gasteiger partial charge in [0.05, 0.1) is 11.5 Å². The van der Waals surface area contributed by atoms with E-state index >= 15 is 0 Å². The minimum Gasteiger partial charge on any atom is -0.383 e. The number of nitrogen functional groups attached to an aromatic ring is 1. The first-order chi connectivity index (χ1) is 8.65. The molecule has 2 N–H and O–H groups in total. The van der Waals surface area contributed by atoms with Gasteiger partial charge >= 0.3 is 0 Å². The number of rotatable bonds is 3. The number of hydrogen-bond donors (Lipinski definition) is 1. The largest absolute Gasteiger partial charge is 0.383 e. The number of nitrogens with two attached hydrogens (primary N) is 1. The Kier molecular flexibility index (Phi) is 2.95. The van der Waals surface area contributed by atoms with Crippen LogP contribution in [0.4, 0.5) is 5.82 Å². The number of aromatic nitrogens is 2. The Bertz CT molecular complexity index is 589. The summed E-state index contributed by atoms with van der Waals surface area (Å²) in [6.45, 7) is 4.63. The lowest BCUT2D eigenvalue weighted by molar-refractivity contribution is -0.0115. The van der Waals surface area contributed by atoms with E-state index in [0.717, 1.165) is 23.1 Å². The van der Waals surface area contributed by atoms with Crippen LogP contribution in [0.25, 0.3) is 10.2 Å². The highest BCUT2D eigenvalue weighted by atomic mass is 32.1. The van der Waals surface area contributed by atoms with Crippen LogP contribution >= 0.6 is 11.3 Å². The maximum absolute atomic E-state index is 6.02. The molecule has 0 aromatic carbocycles. The first-order valence-electron chi connectivity index (χ1n) is 6.29. The predicted octanol–water partition coefficient (Wildman–Crippen LogP) is 2.96.